The second-order valence-electron chi connectivity index (χ2n) is 3.41. The van der Waals surface area contributed by atoms with Crippen LogP contribution in [-0.2, 0) is 4.74 Å². The molecular formula is C12H11F4NO2. The standard InChI is InChI=1S/C12H11F4NO2/c13-10-4-9(2-1-3-17)5-11(6-10)19-8-18-7-12(14,15)16/h4-6H,3,7-8,17H2. The molecule has 0 amide bonds. The average Bonchev–Trinajstić information content (AvgIpc) is 2.30. The van der Waals surface area contributed by atoms with Gasteiger partial charge in [0.15, 0.2) is 6.79 Å². The van der Waals surface area contributed by atoms with E-state index in [4.69, 9.17) is 10.5 Å². The zero-order valence-electron chi connectivity index (χ0n) is 9.76. The Morgan fingerprint density at radius 3 is 2.58 bits per heavy atom. The van der Waals surface area contributed by atoms with Gasteiger partial charge in [-0.25, -0.2) is 4.39 Å². The fraction of sp³-hybridized carbons (Fsp3) is 0.333. The fourth-order valence-corrected chi connectivity index (χ4v) is 1.14. The summed E-state index contributed by atoms with van der Waals surface area (Å²) in [6, 6.07) is 3.55. The molecule has 0 saturated carbocycles. The maximum absolute atomic E-state index is 13.2. The van der Waals surface area contributed by atoms with E-state index in [1.54, 1.807) is 0 Å². The average molecular weight is 277 g/mol. The molecule has 0 unspecified atom stereocenters. The van der Waals surface area contributed by atoms with E-state index in [0.717, 1.165) is 12.1 Å². The molecule has 0 atom stereocenters. The van der Waals surface area contributed by atoms with Crippen LogP contribution in [0.15, 0.2) is 18.2 Å². The van der Waals surface area contributed by atoms with E-state index in [-0.39, 0.29) is 12.3 Å². The van der Waals surface area contributed by atoms with E-state index in [0.29, 0.717) is 5.56 Å². The van der Waals surface area contributed by atoms with Crippen molar-refractivity contribution in [2.24, 2.45) is 5.73 Å². The first kappa shape index (κ1) is 15.3. The lowest BCUT2D eigenvalue weighted by molar-refractivity contribution is -0.186. The van der Waals surface area contributed by atoms with Gasteiger partial charge in [0.05, 0.1) is 6.54 Å². The van der Waals surface area contributed by atoms with Crippen molar-refractivity contribution in [1.82, 2.24) is 0 Å². The normalized spacial score (nSPS) is 10.8. The van der Waals surface area contributed by atoms with Gasteiger partial charge in [0.2, 0.25) is 0 Å². The first-order chi connectivity index (χ1) is 8.90. The van der Waals surface area contributed by atoms with Crippen LogP contribution in [0.5, 0.6) is 5.75 Å². The van der Waals surface area contributed by atoms with Crippen molar-refractivity contribution in [3.63, 3.8) is 0 Å². The van der Waals surface area contributed by atoms with Crippen LogP contribution < -0.4 is 10.5 Å². The first-order valence-corrected chi connectivity index (χ1v) is 5.17. The van der Waals surface area contributed by atoms with Crippen LogP contribution in [0.25, 0.3) is 0 Å². The summed E-state index contributed by atoms with van der Waals surface area (Å²) < 4.78 is 57.6. The van der Waals surface area contributed by atoms with Crippen LogP contribution in [0, 0.1) is 17.7 Å². The van der Waals surface area contributed by atoms with E-state index >= 15 is 0 Å². The van der Waals surface area contributed by atoms with Gasteiger partial charge in [-0.3, -0.25) is 0 Å². The molecular weight excluding hydrogens is 266 g/mol. The van der Waals surface area contributed by atoms with Gasteiger partial charge in [0.1, 0.15) is 18.2 Å². The summed E-state index contributed by atoms with van der Waals surface area (Å²) in [5.74, 6) is 4.52. The van der Waals surface area contributed by atoms with E-state index < -0.39 is 25.4 Å². The molecule has 3 nitrogen and oxygen atoms in total. The van der Waals surface area contributed by atoms with E-state index in [2.05, 4.69) is 16.6 Å². The lowest BCUT2D eigenvalue weighted by Crippen LogP contribution is -2.19. The third-order valence-electron chi connectivity index (χ3n) is 1.78. The Labute approximate surface area is 107 Å². The third-order valence-corrected chi connectivity index (χ3v) is 1.78. The summed E-state index contributed by atoms with van der Waals surface area (Å²) in [5, 5.41) is 0. The Balaban J connectivity index is 2.56. The predicted molar refractivity (Wildman–Crippen MR) is 59.8 cm³/mol. The van der Waals surface area contributed by atoms with E-state index in [1.165, 1.54) is 6.07 Å². The number of hydrogen-bond donors (Lipinski definition) is 1. The van der Waals surface area contributed by atoms with Crippen molar-refractivity contribution in [1.29, 1.82) is 0 Å². The Bertz CT molecular complexity index is 477. The largest absolute Gasteiger partial charge is 0.467 e. The van der Waals surface area contributed by atoms with Crippen molar-refractivity contribution in [2.45, 2.75) is 6.18 Å². The molecule has 1 rings (SSSR count). The number of ether oxygens (including phenoxy) is 2. The molecule has 0 aliphatic heterocycles. The maximum atomic E-state index is 13.2. The molecule has 0 aromatic heterocycles. The molecule has 0 fully saturated rings. The van der Waals surface area contributed by atoms with E-state index in [1.807, 2.05) is 0 Å². The SMILES string of the molecule is NCC#Cc1cc(F)cc(OCOCC(F)(F)F)c1. The second-order valence-corrected chi connectivity index (χ2v) is 3.41. The Hall–Kier alpha value is -1.78. The second kappa shape index (κ2) is 6.97. The number of benzene rings is 1. The molecule has 19 heavy (non-hydrogen) atoms. The molecule has 0 radical (unpaired) electrons. The lowest BCUT2D eigenvalue weighted by Gasteiger charge is -2.09. The van der Waals surface area contributed by atoms with Crippen LogP contribution >= 0.6 is 0 Å². The minimum Gasteiger partial charge on any atom is -0.467 e. The molecule has 1 aromatic rings. The summed E-state index contributed by atoms with van der Waals surface area (Å²) in [4.78, 5) is 0. The highest BCUT2D eigenvalue weighted by Crippen LogP contribution is 2.17. The number of halogens is 4. The molecule has 0 saturated heterocycles. The highest BCUT2D eigenvalue weighted by atomic mass is 19.4. The molecule has 0 aliphatic rings. The monoisotopic (exact) mass is 277 g/mol. The van der Waals surface area contributed by atoms with Crippen molar-refractivity contribution in [3.8, 4) is 17.6 Å². The lowest BCUT2D eigenvalue weighted by atomic mass is 10.2. The van der Waals surface area contributed by atoms with Crippen LogP contribution in [0.4, 0.5) is 17.6 Å². The van der Waals surface area contributed by atoms with Gasteiger partial charge >= 0.3 is 6.18 Å². The molecule has 1 aromatic carbocycles. The quantitative estimate of drug-likeness (QED) is 0.396. The molecule has 7 heteroatoms. The van der Waals surface area contributed by atoms with Gasteiger partial charge in [-0.2, -0.15) is 13.2 Å². The number of rotatable bonds is 4. The molecule has 0 aliphatic carbocycles. The number of alkyl halides is 3. The smallest absolute Gasteiger partial charge is 0.411 e. The fourth-order valence-electron chi connectivity index (χ4n) is 1.14. The number of hydrogen-bond acceptors (Lipinski definition) is 3. The van der Waals surface area contributed by atoms with Crippen molar-refractivity contribution in [2.75, 3.05) is 19.9 Å². The zero-order chi connectivity index (χ0) is 14.3. The van der Waals surface area contributed by atoms with Crippen LogP contribution in [-0.4, -0.2) is 26.1 Å². The van der Waals surface area contributed by atoms with Crippen LogP contribution in [0.2, 0.25) is 0 Å². The molecule has 0 heterocycles. The third kappa shape index (κ3) is 6.64. The van der Waals surface area contributed by atoms with Gasteiger partial charge in [0.25, 0.3) is 0 Å². The van der Waals surface area contributed by atoms with Crippen LogP contribution in [0.1, 0.15) is 5.56 Å². The van der Waals surface area contributed by atoms with Crippen LogP contribution in [0.3, 0.4) is 0 Å². The van der Waals surface area contributed by atoms with Gasteiger partial charge in [-0.1, -0.05) is 11.8 Å². The summed E-state index contributed by atoms with van der Waals surface area (Å²) in [6.07, 6.45) is -4.43. The summed E-state index contributed by atoms with van der Waals surface area (Å²) in [6.45, 7) is -1.95. The summed E-state index contributed by atoms with van der Waals surface area (Å²) >= 11 is 0. The minimum absolute atomic E-state index is 0.0310. The van der Waals surface area contributed by atoms with Gasteiger partial charge in [0, 0.05) is 11.6 Å². The van der Waals surface area contributed by atoms with Gasteiger partial charge in [-0.05, 0) is 12.1 Å². The van der Waals surface area contributed by atoms with E-state index in [9.17, 15) is 17.6 Å². The Morgan fingerprint density at radius 2 is 1.95 bits per heavy atom. The van der Waals surface area contributed by atoms with Crippen molar-refractivity contribution < 1.29 is 27.0 Å². The highest BCUT2D eigenvalue weighted by molar-refractivity contribution is 5.40. The maximum Gasteiger partial charge on any atom is 0.411 e. The predicted octanol–water partition coefficient (Wildman–Crippen LogP) is 2.05. The Morgan fingerprint density at radius 1 is 1.21 bits per heavy atom. The van der Waals surface area contributed by atoms with Gasteiger partial charge in [-0.15, -0.1) is 0 Å². The Kier molecular flexibility index (Phi) is 5.60. The molecule has 0 spiro atoms. The highest BCUT2D eigenvalue weighted by Gasteiger charge is 2.27. The molecule has 104 valence electrons. The topological polar surface area (TPSA) is 44.5 Å². The molecule has 0 bridgehead atoms. The van der Waals surface area contributed by atoms with Crippen molar-refractivity contribution in [3.05, 3.63) is 29.6 Å². The van der Waals surface area contributed by atoms with Crippen molar-refractivity contribution >= 4 is 0 Å². The number of nitrogens with two attached hydrogens (primary N) is 1. The summed E-state index contributed by atoms with van der Waals surface area (Å²) in [5.41, 5.74) is 5.48. The minimum atomic E-state index is -4.43. The van der Waals surface area contributed by atoms with Gasteiger partial charge < -0.3 is 15.2 Å². The summed E-state index contributed by atoms with van der Waals surface area (Å²) in [7, 11) is 0. The first-order valence-electron chi connectivity index (χ1n) is 5.17. The zero-order valence-corrected chi connectivity index (χ0v) is 9.76. The molecule has 2 N–H and O–H groups in total.